The lowest BCUT2D eigenvalue weighted by Crippen LogP contribution is -2.09. The molecular formula is C17H16F2O3. The van der Waals surface area contributed by atoms with E-state index in [2.05, 4.69) is 0 Å². The van der Waals surface area contributed by atoms with Crippen LogP contribution in [0.5, 0.6) is 11.5 Å². The molecule has 2 aromatic rings. The Morgan fingerprint density at radius 1 is 0.818 bits per heavy atom. The topological polar surface area (TPSA) is 35.5 Å². The Hall–Kier alpha value is -2.43. The fraction of sp³-hybridized carbons (Fsp3) is 0.235. The van der Waals surface area contributed by atoms with Gasteiger partial charge in [0.2, 0.25) is 5.78 Å². The molecule has 0 spiro atoms. The molecule has 0 atom stereocenters. The van der Waals surface area contributed by atoms with Crippen LogP contribution in [-0.4, -0.2) is 20.0 Å². The van der Waals surface area contributed by atoms with Crippen molar-refractivity contribution in [3.63, 3.8) is 0 Å². The van der Waals surface area contributed by atoms with Crippen LogP contribution in [-0.2, 0) is 0 Å². The lowest BCUT2D eigenvalue weighted by Gasteiger charge is -2.13. The standard InChI is InChI=1S/C17H16F2O3/c1-9-5-7-11(16(21-3)13(9)18)15(20)12-8-6-10(2)14(19)17(12)22-4/h5-8H,1-4H3. The van der Waals surface area contributed by atoms with Gasteiger partial charge in [-0.25, -0.2) is 8.78 Å². The molecule has 0 saturated carbocycles. The van der Waals surface area contributed by atoms with E-state index >= 15 is 0 Å². The molecule has 0 radical (unpaired) electrons. The Kier molecular flexibility index (Phi) is 4.45. The highest BCUT2D eigenvalue weighted by Crippen LogP contribution is 2.32. The summed E-state index contributed by atoms with van der Waals surface area (Å²) in [7, 11) is 2.56. The first-order chi connectivity index (χ1) is 10.4. The van der Waals surface area contributed by atoms with Gasteiger partial charge in [-0.3, -0.25) is 4.79 Å². The van der Waals surface area contributed by atoms with Crippen LogP contribution in [0.2, 0.25) is 0 Å². The minimum Gasteiger partial charge on any atom is -0.493 e. The molecule has 0 unspecified atom stereocenters. The van der Waals surface area contributed by atoms with Gasteiger partial charge in [-0.05, 0) is 37.1 Å². The minimum atomic E-state index is -0.611. The summed E-state index contributed by atoms with van der Waals surface area (Å²) < 4.78 is 38.2. The number of ketones is 1. The Morgan fingerprint density at radius 3 is 1.50 bits per heavy atom. The fourth-order valence-corrected chi connectivity index (χ4v) is 2.21. The molecule has 0 heterocycles. The van der Waals surface area contributed by atoms with Crippen molar-refractivity contribution in [1.82, 2.24) is 0 Å². The van der Waals surface area contributed by atoms with Crippen molar-refractivity contribution in [2.24, 2.45) is 0 Å². The first kappa shape index (κ1) is 15.9. The number of benzene rings is 2. The number of rotatable bonds is 4. The summed E-state index contributed by atoms with van der Waals surface area (Å²) >= 11 is 0. The van der Waals surface area contributed by atoms with Crippen molar-refractivity contribution in [1.29, 1.82) is 0 Å². The Bertz CT molecular complexity index is 678. The number of aryl methyl sites for hydroxylation is 2. The third kappa shape index (κ3) is 2.54. The quantitative estimate of drug-likeness (QED) is 0.805. The molecule has 5 heteroatoms. The van der Waals surface area contributed by atoms with Crippen LogP contribution in [0, 0.1) is 25.5 Å². The predicted molar refractivity (Wildman–Crippen MR) is 78.8 cm³/mol. The van der Waals surface area contributed by atoms with Crippen molar-refractivity contribution in [3.05, 3.63) is 58.2 Å². The lowest BCUT2D eigenvalue weighted by molar-refractivity contribution is 0.103. The number of ether oxygens (including phenoxy) is 2. The average molecular weight is 306 g/mol. The van der Waals surface area contributed by atoms with Crippen molar-refractivity contribution in [2.45, 2.75) is 13.8 Å². The molecule has 3 nitrogen and oxygen atoms in total. The zero-order valence-corrected chi connectivity index (χ0v) is 12.8. The van der Waals surface area contributed by atoms with Gasteiger partial charge in [0.05, 0.1) is 25.3 Å². The zero-order valence-electron chi connectivity index (χ0n) is 12.8. The van der Waals surface area contributed by atoms with Gasteiger partial charge in [0.15, 0.2) is 23.1 Å². The molecule has 116 valence electrons. The van der Waals surface area contributed by atoms with Gasteiger partial charge >= 0.3 is 0 Å². The molecule has 2 aromatic carbocycles. The van der Waals surface area contributed by atoms with E-state index in [0.717, 1.165) is 0 Å². The Morgan fingerprint density at radius 2 is 1.18 bits per heavy atom. The largest absolute Gasteiger partial charge is 0.493 e. The maximum atomic E-state index is 14.1. The van der Waals surface area contributed by atoms with Gasteiger partial charge in [0.1, 0.15) is 0 Å². The molecule has 0 aliphatic rings. The normalized spacial score (nSPS) is 10.5. The molecule has 0 aliphatic carbocycles. The van der Waals surface area contributed by atoms with Gasteiger partial charge in [-0.15, -0.1) is 0 Å². The predicted octanol–water partition coefficient (Wildman–Crippen LogP) is 3.83. The molecule has 0 fully saturated rings. The SMILES string of the molecule is COc1c(C(=O)c2ccc(C)c(F)c2OC)ccc(C)c1F. The summed E-state index contributed by atoms with van der Waals surface area (Å²) in [6.07, 6.45) is 0. The lowest BCUT2D eigenvalue weighted by atomic mass is 9.98. The van der Waals surface area contributed by atoms with Crippen molar-refractivity contribution < 1.29 is 23.0 Å². The monoisotopic (exact) mass is 306 g/mol. The van der Waals surface area contributed by atoms with E-state index in [4.69, 9.17) is 9.47 Å². The summed E-state index contributed by atoms with van der Waals surface area (Å²) in [6, 6.07) is 5.86. The summed E-state index contributed by atoms with van der Waals surface area (Å²) in [5.74, 6) is -2.10. The maximum Gasteiger partial charge on any atom is 0.200 e. The Balaban J connectivity index is 2.64. The number of halogens is 2. The number of methoxy groups -OCH3 is 2. The molecule has 0 saturated heterocycles. The van der Waals surface area contributed by atoms with Crippen LogP contribution >= 0.6 is 0 Å². The van der Waals surface area contributed by atoms with E-state index in [1.54, 1.807) is 13.8 Å². The fourth-order valence-electron chi connectivity index (χ4n) is 2.21. The number of hydrogen-bond donors (Lipinski definition) is 0. The van der Waals surface area contributed by atoms with Crippen LogP contribution in [0.4, 0.5) is 8.78 Å². The summed E-state index contributed by atoms with van der Waals surface area (Å²) in [5, 5.41) is 0. The second-order valence-electron chi connectivity index (χ2n) is 4.88. The molecule has 0 aromatic heterocycles. The average Bonchev–Trinajstić information content (AvgIpc) is 2.51. The van der Waals surface area contributed by atoms with Crippen LogP contribution in [0.1, 0.15) is 27.0 Å². The van der Waals surface area contributed by atoms with Gasteiger partial charge in [0, 0.05) is 0 Å². The molecule has 0 bridgehead atoms. The van der Waals surface area contributed by atoms with Crippen molar-refractivity contribution >= 4 is 5.78 Å². The van der Waals surface area contributed by atoms with E-state index in [1.165, 1.54) is 38.5 Å². The molecule has 22 heavy (non-hydrogen) atoms. The smallest absolute Gasteiger partial charge is 0.200 e. The van der Waals surface area contributed by atoms with E-state index in [1.807, 2.05) is 0 Å². The highest BCUT2D eigenvalue weighted by atomic mass is 19.1. The number of carbonyl (C=O) groups is 1. The Labute approximate surface area is 127 Å². The molecular weight excluding hydrogens is 290 g/mol. The van der Waals surface area contributed by atoms with E-state index in [9.17, 15) is 13.6 Å². The first-order valence-corrected chi connectivity index (χ1v) is 6.63. The van der Waals surface area contributed by atoms with Crippen LogP contribution in [0.15, 0.2) is 24.3 Å². The van der Waals surface area contributed by atoms with Gasteiger partial charge in [-0.1, -0.05) is 12.1 Å². The third-order valence-electron chi connectivity index (χ3n) is 3.48. The van der Waals surface area contributed by atoms with Crippen molar-refractivity contribution in [3.8, 4) is 11.5 Å². The second kappa shape index (κ2) is 6.13. The highest BCUT2D eigenvalue weighted by Gasteiger charge is 2.24. The second-order valence-corrected chi connectivity index (χ2v) is 4.88. The number of carbonyl (C=O) groups excluding carboxylic acids is 1. The first-order valence-electron chi connectivity index (χ1n) is 6.63. The summed E-state index contributed by atoms with van der Waals surface area (Å²) in [6.45, 7) is 3.14. The zero-order chi connectivity index (χ0) is 16.4. The third-order valence-corrected chi connectivity index (χ3v) is 3.48. The summed E-state index contributed by atoms with van der Waals surface area (Å²) in [4.78, 5) is 12.6. The van der Waals surface area contributed by atoms with Crippen LogP contribution < -0.4 is 9.47 Å². The van der Waals surface area contributed by atoms with Gasteiger partial charge in [0.25, 0.3) is 0 Å². The van der Waals surface area contributed by atoms with E-state index in [0.29, 0.717) is 11.1 Å². The van der Waals surface area contributed by atoms with Gasteiger partial charge < -0.3 is 9.47 Å². The molecule has 2 rings (SSSR count). The minimum absolute atomic E-state index is 0.0205. The highest BCUT2D eigenvalue weighted by molar-refractivity contribution is 6.12. The van der Waals surface area contributed by atoms with Crippen LogP contribution in [0.25, 0.3) is 0 Å². The molecule has 0 amide bonds. The molecule has 0 N–H and O–H groups in total. The maximum absolute atomic E-state index is 14.1. The van der Waals surface area contributed by atoms with E-state index < -0.39 is 17.4 Å². The van der Waals surface area contributed by atoms with Gasteiger partial charge in [-0.2, -0.15) is 0 Å². The van der Waals surface area contributed by atoms with Crippen LogP contribution in [0.3, 0.4) is 0 Å². The molecule has 0 aliphatic heterocycles. The number of hydrogen-bond acceptors (Lipinski definition) is 3. The van der Waals surface area contributed by atoms with Crippen molar-refractivity contribution in [2.75, 3.05) is 14.2 Å². The summed E-state index contributed by atoms with van der Waals surface area (Å²) in [5.41, 5.74) is 0.755. The van der Waals surface area contributed by atoms with E-state index in [-0.39, 0.29) is 22.6 Å².